The van der Waals surface area contributed by atoms with Gasteiger partial charge in [0, 0.05) is 16.1 Å². The molecule has 8 heteroatoms. The fourth-order valence-electron chi connectivity index (χ4n) is 1.38. The zero-order chi connectivity index (χ0) is 14.8. The third-order valence-electron chi connectivity index (χ3n) is 2.30. The predicted molar refractivity (Wildman–Crippen MR) is 70.5 cm³/mol. The summed E-state index contributed by atoms with van der Waals surface area (Å²) >= 11 is 8.77. The number of nitrogens with zero attached hydrogens (tertiary/aromatic N) is 2. The maximum atomic E-state index is 12.6. The third-order valence-corrected chi connectivity index (χ3v) is 3.24. The fraction of sp³-hybridized carbons (Fsp3) is 0.167. The van der Waals surface area contributed by atoms with Gasteiger partial charge >= 0.3 is 6.18 Å². The van der Waals surface area contributed by atoms with Crippen LogP contribution in [0, 0.1) is 0 Å². The quantitative estimate of drug-likeness (QED) is 0.750. The summed E-state index contributed by atoms with van der Waals surface area (Å²) in [5.41, 5.74) is -0.365. The van der Waals surface area contributed by atoms with Crippen molar-refractivity contribution in [3.63, 3.8) is 0 Å². The van der Waals surface area contributed by atoms with Crippen molar-refractivity contribution >= 4 is 27.5 Å². The van der Waals surface area contributed by atoms with E-state index in [0.717, 1.165) is 10.0 Å². The highest BCUT2D eigenvalue weighted by Gasteiger charge is 2.33. The molecule has 1 aromatic carbocycles. The van der Waals surface area contributed by atoms with Crippen LogP contribution in [-0.2, 0) is 12.8 Å². The van der Waals surface area contributed by atoms with E-state index < -0.39 is 17.2 Å². The van der Waals surface area contributed by atoms with Gasteiger partial charge in [0.2, 0.25) is 11.2 Å². The number of aromatic nitrogens is 2. The Morgan fingerprint density at radius 1 is 1.20 bits per heavy atom. The van der Waals surface area contributed by atoms with E-state index in [4.69, 9.17) is 16.3 Å². The first kappa shape index (κ1) is 15.1. The number of hydrogen-bond acceptors (Lipinski definition) is 3. The highest BCUT2D eigenvalue weighted by Crippen LogP contribution is 2.30. The molecule has 0 bridgehead atoms. The molecule has 0 unspecified atom stereocenters. The van der Waals surface area contributed by atoms with Crippen LogP contribution in [0.15, 0.2) is 34.8 Å². The number of rotatable bonds is 3. The van der Waals surface area contributed by atoms with Gasteiger partial charge in [-0.25, -0.2) is 4.98 Å². The van der Waals surface area contributed by atoms with Gasteiger partial charge in [-0.15, -0.1) is 0 Å². The first-order valence-corrected chi connectivity index (χ1v) is 6.51. The molecule has 0 aliphatic rings. The normalized spacial score (nSPS) is 11.4. The van der Waals surface area contributed by atoms with E-state index in [1.54, 1.807) is 18.2 Å². The fourth-order valence-corrected chi connectivity index (χ4v) is 1.96. The second-order valence-electron chi connectivity index (χ2n) is 3.74. The first-order chi connectivity index (χ1) is 9.36. The van der Waals surface area contributed by atoms with E-state index in [1.165, 1.54) is 0 Å². The number of hydrogen-bond donors (Lipinski definition) is 0. The maximum absolute atomic E-state index is 12.6. The molecule has 0 aliphatic heterocycles. The molecule has 2 rings (SSSR count). The average molecular weight is 368 g/mol. The summed E-state index contributed by atoms with van der Waals surface area (Å²) in [7, 11) is 0. The SMILES string of the molecule is FC(F)(F)c1cc(OCc2ccccc2Br)nc(Cl)n1. The number of alkyl halides is 3. The third kappa shape index (κ3) is 3.83. The van der Waals surface area contributed by atoms with E-state index in [0.29, 0.717) is 6.07 Å². The van der Waals surface area contributed by atoms with Crippen molar-refractivity contribution in [1.82, 2.24) is 9.97 Å². The Kier molecular flexibility index (Phi) is 4.49. The Bertz CT molecular complexity index is 622. The van der Waals surface area contributed by atoms with E-state index in [1.807, 2.05) is 6.07 Å². The number of benzene rings is 1. The van der Waals surface area contributed by atoms with Crippen molar-refractivity contribution < 1.29 is 17.9 Å². The molecule has 0 spiro atoms. The van der Waals surface area contributed by atoms with Crippen molar-refractivity contribution in [2.75, 3.05) is 0 Å². The number of ether oxygens (including phenoxy) is 1. The Labute approximate surface area is 125 Å². The van der Waals surface area contributed by atoms with Crippen LogP contribution in [-0.4, -0.2) is 9.97 Å². The van der Waals surface area contributed by atoms with Gasteiger partial charge in [0.15, 0.2) is 5.69 Å². The van der Waals surface area contributed by atoms with Gasteiger partial charge in [-0.3, -0.25) is 0 Å². The van der Waals surface area contributed by atoms with Gasteiger partial charge < -0.3 is 4.74 Å². The molecule has 0 saturated heterocycles. The van der Waals surface area contributed by atoms with Crippen LogP contribution in [0.2, 0.25) is 5.28 Å². The van der Waals surface area contributed by atoms with Crippen LogP contribution >= 0.6 is 27.5 Å². The standard InChI is InChI=1S/C12H7BrClF3N2O/c13-8-4-2-1-3-7(8)6-20-10-5-9(12(15,16)17)18-11(14)19-10/h1-5H,6H2. The molecule has 0 saturated carbocycles. The highest BCUT2D eigenvalue weighted by molar-refractivity contribution is 9.10. The lowest BCUT2D eigenvalue weighted by atomic mass is 10.2. The Morgan fingerprint density at radius 2 is 1.90 bits per heavy atom. The Morgan fingerprint density at radius 3 is 2.55 bits per heavy atom. The molecule has 2 aromatic rings. The minimum Gasteiger partial charge on any atom is -0.473 e. The minimum absolute atomic E-state index is 0.0616. The second-order valence-corrected chi connectivity index (χ2v) is 4.93. The molecule has 106 valence electrons. The lowest BCUT2D eigenvalue weighted by Crippen LogP contribution is -2.10. The van der Waals surface area contributed by atoms with Crippen LogP contribution in [0.25, 0.3) is 0 Å². The molecular formula is C12H7BrClF3N2O. The molecule has 0 amide bonds. The predicted octanol–water partition coefficient (Wildman–Crippen LogP) is 4.49. The van der Waals surface area contributed by atoms with E-state index in [2.05, 4.69) is 25.9 Å². The van der Waals surface area contributed by atoms with Gasteiger partial charge in [0.05, 0.1) is 0 Å². The summed E-state index contributed by atoms with van der Waals surface area (Å²) in [6, 6.07) is 7.89. The van der Waals surface area contributed by atoms with Gasteiger partial charge in [-0.1, -0.05) is 34.1 Å². The summed E-state index contributed by atoms with van der Waals surface area (Å²) in [6.45, 7) is 0.0616. The van der Waals surface area contributed by atoms with Crippen LogP contribution in [0.5, 0.6) is 5.88 Å². The van der Waals surface area contributed by atoms with Crippen LogP contribution in [0.4, 0.5) is 13.2 Å². The molecule has 1 heterocycles. The van der Waals surface area contributed by atoms with Crippen molar-refractivity contribution in [2.24, 2.45) is 0 Å². The Hall–Kier alpha value is -1.34. The second kappa shape index (κ2) is 5.97. The smallest absolute Gasteiger partial charge is 0.433 e. The summed E-state index contributed by atoms with van der Waals surface area (Å²) in [5, 5.41) is -0.512. The van der Waals surface area contributed by atoms with Crippen molar-refractivity contribution in [2.45, 2.75) is 12.8 Å². The maximum Gasteiger partial charge on any atom is 0.433 e. The van der Waals surface area contributed by atoms with Gasteiger partial charge in [-0.2, -0.15) is 18.2 Å². The zero-order valence-electron chi connectivity index (χ0n) is 9.79. The zero-order valence-corrected chi connectivity index (χ0v) is 12.1. The number of halogens is 5. The van der Waals surface area contributed by atoms with E-state index in [-0.39, 0.29) is 12.5 Å². The largest absolute Gasteiger partial charge is 0.473 e. The van der Waals surface area contributed by atoms with E-state index in [9.17, 15) is 13.2 Å². The molecule has 1 aromatic heterocycles. The van der Waals surface area contributed by atoms with Crippen molar-refractivity contribution in [3.8, 4) is 5.88 Å². The van der Waals surface area contributed by atoms with Crippen LogP contribution < -0.4 is 4.74 Å². The summed E-state index contributed by atoms with van der Waals surface area (Å²) in [6.07, 6.45) is -4.60. The molecule has 20 heavy (non-hydrogen) atoms. The molecule has 0 fully saturated rings. The molecule has 0 aliphatic carbocycles. The van der Waals surface area contributed by atoms with Gasteiger partial charge in [0.25, 0.3) is 0 Å². The minimum atomic E-state index is -4.60. The summed E-state index contributed by atoms with van der Waals surface area (Å²) in [4.78, 5) is 6.73. The van der Waals surface area contributed by atoms with Crippen molar-refractivity contribution in [1.29, 1.82) is 0 Å². The highest BCUT2D eigenvalue weighted by atomic mass is 79.9. The summed E-state index contributed by atoms with van der Waals surface area (Å²) < 4.78 is 43.7. The first-order valence-electron chi connectivity index (χ1n) is 5.34. The molecule has 3 nitrogen and oxygen atoms in total. The Balaban J connectivity index is 2.18. The average Bonchev–Trinajstić information content (AvgIpc) is 2.36. The lowest BCUT2D eigenvalue weighted by Gasteiger charge is -2.10. The molecular weight excluding hydrogens is 360 g/mol. The van der Waals surface area contributed by atoms with Crippen LogP contribution in [0.3, 0.4) is 0 Å². The lowest BCUT2D eigenvalue weighted by molar-refractivity contribution is -0.141. The molecule has 0 radical (unpaired) electrons. The molecule has 0 atom stereocenters. The van der Waals surface area contributed by atoms with E-state index >= 15 is 0 Å². The van der Waals surface area contributed by atoms with Crippen molar-refractivity contribution in [3.05, 3.63) is 51.3 Å². The van der Waals surface area contributed by atoms with Gasteiger partial charge in [-0.05, 0) is 17.7 Å². The topological polar surface area (TPSA) is 35.0 Å². The molecule has 0 N–H and O–H groups in total. The van der Waals surface area contributed by atoms with Crippen LogP contribution in [0.1, 0.15) is 11.3 Å². The summed E-state index contributed by atoms with van der Waals surface area (Å²) in [5.74, 6) is -0.229. The van der Waals surface area contributed by atoms with Gasteiger partial charge in [0.1, 0.15) is 6.61 Å². The monoisotopic (exact) mass is 366 g/mol.